The Kier molecular flexibility index (Phi) is 4.82. The summed E-state index contributed by atoms with van der Waals surface area (Å²) in [6, 6.07) is 3.40. The van der Waals surface area contributed by atoms with E-state index in [1.54, 1.807) is 19.2 Å². The Morgan fingerprint density at radius 2 is 1.96 bits per heavy atom. The molecule has 1 aliphatic rings. The summed E-state index contributed by atoms with van der Waals surface area (Å²) < 4.78 is 41.3. The summed E-state index contributed by atoms with van der Waals surface area (Å²) in [5.74, 6) is -0.461. The summed E-state index contributed by atoms with van der Waals surface area (Å²) in [6.07, 6.45) is 1.20. The van der Waals surface area contributed by atoms with Gasteiger partial charge in [-0.25, -0.2) is 4.98 Å². The number of rotatable bonds is 3. The molecule has 1 aromatic heterocycles. The second-order valence-corrected chi connectivity index (χ2v) is 6.55. The topological polar surface area (TPSA) is 72.9 Å². The van der Waals surface area contributed by atoms with Crippen LogP contribution in [0, 0.1) is 6.92 Å². The van der Waals surface area contributed by atoms with Crippen LogP contribution >= 0.6 is 0 Å². The number of carbonyl (C=O) groups excluding carboxylic acids is 1. The summed E-state index contributed by atoms with van der Waals surface area (Å²) in [6.45, 7) is 3.62. The van der Waals surface area contributed by atoms with Crippen LogP contribution < -0.4 is 11.1 Å². The quantitative estimate of drug-likeness (QED) is 0.847. The molecule has 142 valence electrons. The fourth-order valence-corrected chi connectivity index (χ4v) is 2.80. The van der Waals surface area contributed by atoms with Crippen molar-refractivity contribution in [3.63, 3.8) is 0 Å². The maximum absolute atomic E-state index is 13.3. The van der Waals surface area contributed by atoms with Crippen LogP contribution in [0.1, 0.15) is 31.0 Å². The van der Waals surface area contributed by atoms with Crippen LogP contribution in [0.4, 0.5) is 18.9 Å². The predicted molar refractivity (Wildman–Crippen MR) is 96.1 cm³/mol. The van der Waals surface area contributed by atoms with E-state index in [0.29, 0.717) is 29.8 Å². The molecule has 0 radical (unpaired) electrons. The molecule has 0 unspecified atom stereocenters. The lowest BCUT2D eigenvalue weighted by Gasteiger charge is -2.17. The highest BCUT2D eigenvalue weighted by Crippen LogP contribution is 2.33. The van der Waals surface area contributed by atoms with E-state index >= 15 is 0 Å². The number of allylic oxidation sites excluding steroid dienone is 2. The lowest BCUT2D eigenvalue weighted by Crippen LogP contribution is -2.18. The Balaban J connectivity index is 1.95. The molecule has 0 fully saturated rings. The standard InChI is InChI=1S/C19H19F3N4O/c1-11-3-4-13(5-17(11)23)18(27)25-15-6-14(19(20,21)22)7-16(8-15)26-9-12(2)24-10-26/h5-10H,3-4,23H2,1-2H3,(H,25,27). The molecule has 0 spiro atoms. The molecule has 2 aromatic rings. The number of halogens is 3. The Hall–Kier alpha value is -3.03. The lowest BCUT2D eigenvalue weighted by atomic mass is 9.96. The number of nitrogens with zero attached hydrogens (tertiary/aromatic N) is 2. The van der Waals surface area contributed by atoms with Gasteiger partial charge in [-0.1, -0.05) is 5.57 Å². The SMILES string of the molecule is CC1=C(N)C=C(C(=O)Nc2cc(-n3cnc(C)c3)cc(C(F)(F)F)c2)CC1. The van der Waals surface area contributed by atoms with Crippen molar-refractivity contribution < 1.29 is 18.0 Å². The van der Waals surface area contributed by atoms with Crippen LogP contribution in [-0.4, -0.2) is 15.5 Å². The summed E-state index contributed by atoms with van der Waals surface area (Å²) in [4.78, 5) is 16.5. The molecule has 8 heteroatoms. The van der Waals surface area contributed by atoms with E-state index in [2.05, 4.69) is 10.3 Å². The van der Waals surface area contributed by atoms with Crippen molar-refractivity contribution in [2.24, 2.45) is 5.73 Å². The summed E-state index contributed by atoms with van der Waals surface area (Å²) >= 11 is 0. The average Bonchev–Trinajstić information content (AvgIpc) is 3.02. The van der Waals surface area contributed by atoms with Gasteiger partial charge in [-0.3, -0.25) is 4.79 Å². The van der Waals surface area contributed by atoms with Crippen molar-refractivity contribution in [1.82, 2.24) is 9.55 Å². The minimum Gasteiger partial charge on any atom is -0.399 e. The van der Waals surface area contributed by atoms with Crippen molar-refractivity contribution >= 4 is 11.6 Å². The summed E-state index contributed by atoms with van der Waals surface area (Å²) in [5.41, 5.74) is 7.93. The van der Waals surface area contributed by atoms with E-state index in [0.717, 1.165) is 17.7 Å². The normalized spacial score (nSPS) is 14.9. The maximum atomic E-state index is 13.3. The molecule has 0 saturated carbocycles. The third-order valence-corrected chi connectivity index (χ3v) is 4.40. The molecule has 27 heavy (non-hydrogen) atoms. The number of hydrogen-bond acceptors (Lipinski definition) is 3. The zero-order valence-electron chi connectivity index (χ0n) is 14.9. The van der Waals surface area contributed by atoms with Gasteiger partial charge in [0.2, 0.25) is 0 Å². The Morgan fingerprint density at radius 1 is 1.22 bits per heavy atom. The Labute approximate surface area is 154 Å². The number of carbonyl (C=O) groups is 1. The molecule has 0 aliphatic heterocycles. The van der Waals surface area contributed by atoms with E-state index in [-0.39, 0.29) is 11.4 Å². The molecule has 1 heterocycles. The molecular formula is C19H19F3N4O. The first-order valence-electron chi connectivity index (χ1n) is 8.34. The van der Waals surface area contributed by atoms with E-state index in [1.165, 1.54) is 17.0 Å². The minimum atomic E-state index is -4.54. The number of hydrogen-bond donors (Lipinski definition) is 2. The molecule has 1 aliphatic carbocycles. The third kappa shape index (κ3) is 4.21. The molecule has 0 saturated heterocycles. The molecule has 3 N–H and O–H groups in total. The number of anilines is 1. The Bertz CT molecular complexity index is 954. The molecule has 3 rings (SSSR count). The number of nitrogens with two attached hydrogens (primary N) is 1. The van der Waals surface area contributed by atoms with Crippen molar-refractivity contribution in [2.45, 2.75) is 32.9 Å². The van der Waals surface area contributed by atoms with E-state index < -0.39 is 17.6 Å². The van der Waals surface area contributed by atoms with Gasteiger partial charge in [-0.2, -0.15) is 13.2 Å². The summed E-state index contributed by atoms with van der Waals surface area (Å²) in [7, 11) is 0. The van der Waals surface area contributed by atoms with Crippen LogP contribution in [0.2, 0.25) is 0 Å². The number of amides is 1. The Morgan fingerprint density at radius 3 is 2.56 bits per heavy atom. The molecule has 1 aromatic carbocycles. The van der Waals surface area contributed by atoms with Gasteiger partial charge >= 0.3 is 6.18 Å². The van der Waals surface area contributed by atoms with Gasteiger partial charge in [0.05, 0.1) is 17.6 Å². The van der Waals surface area contributed by atoms with Gasteiger partial charge in [0.1, 0.15) is 0 Å². The van der Waals surface area contributed by atoms with Crippen LogP contribution in [-0.2, 0) is 11.0 Å². The van der Waals surface area contributed by atoms with Crippen LogP contribution in [0.15, 0.2) is 53.6 Å². The smallest absolute Gasteiger partial charge is 0.399 e. The van der Waals surface area contributed by atoms with E-state index in [1.807, 2.05) is 6.92 Å². The van der Waals surface area contributed by atoms with Crippen LogP contribution in [0.5, 0.6) is 0 Å². The number of benzene rings is 1. The van der Waals surface area contributed by atoms with Crippen molar-refractivity contribution in [2.75, 3.05) is 5.32 Å². The summed E-state index contributed by atoms with van der Waals surface area (Å²) in [5, 5.41) is 2.56. The van der Waals surface area contributed by atoms with E-state index in [9.17, 15) is 18.0 Å². The van der Waals surface area contributed by atoms with Crippen molar-refractivity contribution in [3.8, 4) is 5.69 Å². The number of aromatic nitrogens is 2. The first-order valence-corrected chi connectivity index (χ1v) is 8.34. The van der Waals surface area contributed by atoms with E-state index in [4.69, 9.17) is 5.73 Å². The second kappa shape index (κ2) is 6.94. The van der Waals surface area contributed by atoms with Crippen molar-refractivity contribution in [1.29, 1.82) is 0 Å². The number of imidazole rings is 1. The fraction of sp³-hybridized carbons (Fsp3) is 0.263. The van der Waals surface area contributed by atoms with Crippen molar-refractivity contribution in [3.05, 3.63) is 64.9 Å². The highest BCUT2D eigenvalue weighted by molar-refractivity contribution is 6.04. The molecular weight excluding hydrogens is 357 g/mol. The third-order valence-electron chi connectivity index (χ3n) is 4.40. The average molecular weight is 376 g/mol. The number of aryl methyl sites for hydroxylation is 1. The maximum Gasteiger partial charge on any atom is 0.416 e. The second-order valence-electron chi connectivity index (χ2n) is 6.55. The van der Waals surface area contributed by atoms with Gasteiger partial charge in [-0.05, 0) is 51.0 Å². The zero-order valence-corrected chi connectivity index (χ0v) is 14.9. The van der Waals surface area contributed by atoms with Gasteiger partial charge in [-0.15, -0.1) is 0 Å². The van der Waals surface area contributed by atoms with Gasteiger partial charge in [0, 0.05) is 28.8 Å². The molecule has 0 bridgehead atoms. The number of alkyl halides is 3. The van der Waals surface area contributed by atoms with Gasteiger partial charge in [0.15, 0.2) is 0 Å². The molecule has 0 atom stereocenters. The van der Waals surface area contributed by atoms with Crippen LogP contribution in [0.3, 0.4) is 0 Å². The highest BCUT2D eigenvalue weighted by Gasteiger charge is 2.31. The highest BCUT2D eigenvalue weighted by atomic mass is 19.4. The fourth-order valence-electron chi connectivity index (χ4n) is 2.80. The molecule has 1 amide bonds. The first kappa shape index (κ1) is 18.8. The predicted octanol–water partition coefficient (Wildman–Crippen LogP) is 4.09. The zero-order chi connectivity index (χ0) is 19.8. The van der Waals surface area contributed by atoms with Gasteiger partial charge in [0.25, 0.3) is 5.91 Å². The number of nitrogens with one attached hydrogen (secondary N) is 1. The monoisotopic (exact) mass is 376 g/mol. The van der Waals surface area contributed by atoms with Gasteiger partial charge < -0.3 is 15.6 Å². The van der Waals surface area contributed by atoms with Crippen LogP contribution in [0.25, 0.3) is 5.69 Å². The largest absolute Gasteiger partial charge is 0.416 e. The first-order chi connectivity index (χ1) is 12.6. The molecule has 5 nitrogen and oxygen atoms in total. The minimum absolute atomic E-state index is 0.0573. The lowest BCUT2D eigenvalue weighted by molar-refractivity contribution is -0.137.